The van der Waals surface area contributed by atoms with Crippen LogP contribution in [0.15, 0.2) is 29.3 Å². The molecule has 1 amide bonds. The zero-order valence-electron chi connectivity index (χ0n) is 18.1. The van der Waals surface area contributed by atoms with Crippen molar-refractivity contribution < 1.29 is 9.53 Å². The molecule has 0 spiro atoms. The topological polar surface area (TPSA) is 66.0 Å². The standard InChI is InChI=1S/C23H34N4O2.HI/c1-27(2)22(28)14-25-23(26-20-12-17-9-10-18(20)11-17)24-13-19-5-3-4-6-21(19)29-15-16-7-8-16;/h3-6,16-18,20H,7-15H2,1-2H3,(H2,24,25,26);1H. The number of hydrogen-bond acceptors (Lipinski definition) is 3. The highest BCUT2D eigenvalue weighted by Crippen LogP contribution is 2.44. The van der Waals surface area contributed by atoms with Crippen LogP contribution in [0.5, 0.6) is 5.75 Å². The number of nitrogens with zero attached hydrogens (tertiary/aromatic N) is 2. The summed E-state index contributed by atoms with van der Waals surface area (Å²) in [7, 11) is 3.55. The van der Waals surface area contributed by atoms with E-state index in [2.05, 4.69) is 16.7 Å². The third-order valence-corrected chi connectivity index (χ3v) is 6.52. The van der Waals surface area contributed by atoms with Gasteiger partial charge in [-0.05, 0) is 55.9 Å². The SMILES string of the molecule is CN(C)C(=O)CNC(=NCc1ccccc1OCC1CC1)NC1CC2CCC1C2.I. The Morgan fingerprint density at radius 3 is 2.63 bits per heavy atom. The predicted octanol–water partition coefficient (Wildman–Crippen LogP) is 3.41. The van der Waals surface area contributed by atoms with Gasteiger partial charge in [0.05, 0.1) is 19.7 Å². The zero-order chi connectivity index (χ0) is 20.2. The van der Waals surface area contributed by atoms with E-state index in [9.17, 15) is 4.79 Å². The number of rotatable bonds is 8. The normalized spacial score (nSPS) is 24.9. The number of fused-ring (bicyclic) bond motifs is 2. The maximum atomic E-state index is 12.1. The number of hydrogen-bond donors (Lipinski definition) is 2. The molecule has 7 heteroatoms. The highest BCUT2D eigenvalue weighted by atomic mass is 127. The lowest BCUT2D eigenvalue weighted by Gasteiger charge is -2.25. The lowest BCUT2D eigenvalue weighted by atomic mass is 9.95. The number of aliphatic imine (C=N–C) groups is 1. The van der Waals surface area contributed by atoms with Crippen LogP contribution in [-0.2, 0) is 11.3 Å². The van der Waals surface area contributed by atoms with Gasteiger partial charge in [-0.2, -0.15) is 0 Å². The Morgan fingerprint density at radius 1 is 1.17 bits per heavy atom. The predicted molar refractivity (Wildman–Crippen MR) is 130 cm³/mol. The maximum absolute atomic E-state index is 12.1. The second kappa shape index (κ2) is 10.7. The van der Waals surface area contributed by atoms with Gasteiger partial charge in [0.25, 0.3) is 0 Å². The first-order valence-corrected chi connectivity index (χ1v) is 11.0. The van der Waals surface area contributed by atoms with Crippen molar-refractivity contribution in [3.63, 3.8) is 0 Å². The first-order chi connectivity index (χ1) is 14.1. The molecule has 3 saturated carbocycles. The smallest absolute Gasteiger partial charge is 0.241 e. The number of carbonyl (C=O) groups is 1. The van der Waals surface area contributed by atoms with E-state index >= 15 is 0 Å². The summed E-state index contributed by atoms with van der Waals surface area (Å²) in [5.41, 5.74) is 1.08. The third-order valence-electron chi connectivity index (χ3n) is 6.52. The minimum Gasteiger partial charge on any atom is -0.493 e. The molecule has 3 aliphatic carbocycles. The summed E-state index contributed by atoms with van der Waals surface area (Å²) in [6.45, 7) is 1.58. The number of ether oxygens (including phenoxy) is 1. The van der Waals surface area contributed by atoms with Crippen molar-refractivity contribution in [2.24, 2.45) is 22.7 Å². The molecule has 0 aromatic heterocycles. The molecule has 3 unspecified atom stereocenters. The molecule has 4 rings (SSSR count). The van der Waals surface area contributed by atoms with E-state index in [-0.39, 0.29) is 36.4 Å². The fourth-order valence-corrected chi connectivity index (χ4v) is 4.50. The molecule has 0 aliphatic heterocycles. The third kappa shape index (κ3) is 6.25. The maximum Gasteiger partial charge on any atom is 0.241 e. The van der Waals surface area contributed by atoms with Crippen LogP contribution < -0.4 is 15.4 Å². The number of nitrogens with one attached hydrogen (secondary N) is 2. The number of likely N-dealkylation sites (N-methyl/N-ethyl adjacent to an activating group) is 1. The molecular weight excluding hydrogens is 491 g/mol. The molecular formula is C23H35IN4O2. The van der Waals surface area contributed by atoms with Crippen LogP contribution in [0.3, 0.4) is 0 Å². The average Bonchev–Trinajstić information content (AvgIpc) is 3.32. The van der Waals surface area contributed by atoms with E-state index in [1.54, 1.807) is 19.0 Å². The molecule has 2 N–H and O–H groups in total. The van der Waals surface area contributed by atoms with E-state index in [1.807, 2.05) is 18.2 Å². The van der Waals surface area contributed by atoms with E-state index in [0.29, 0.717) is 12.6 Å². The molecule has 0 heterocycles. The quantitative estimate of drug-likeness (QED) is 0.310. The van der Waals surface area contributed by atoms with Gasteiger partial charge < -0.3 is 20.3 Å². The van der Waals surface area contributed by atoms with Crippen LogP contribution in [0.2, 0.25) is 0 Å². The molecule has 0 saturated heterocycles. The van der Waals surface area contributed by atoms with E-state index in [1.165, 1.54) is 38.5 Å². The van der Waals surface area contributed by atoms with Gasteiger partial charge in [-0.1, -0.05) is 24.6 Å². The number of benzene rings is 1. The highest BCUT2D eigenvalue weighted by molar-refractivity contribution is 14.0. The number of halogens is 1. The van der Waals surface area contributed by atoms with E-state index < -0.39 is 0 Å². The summed E-state index contributed by atoms with van der Waals surface area (Å²) in [6.07, 6.45) is 7.79. The van der Waals surface area contributed by atoms with Crippen LogP contribution >= 0.6 is 24.0 Å². The van der Waals surface area contributed by atoms with E-state index in [4.69, 9.17) is 9.73 Å². The second-order valence-corrected chi connectivity index (χ2v) is 9.09. The monoisotopic (exact) mass is 526 g/mol. The number of carbonyl (C=O) groups excluding carboxylic acids is 1. The van der Waals surface area contributed by atoms with Crippen LogP contribution in [0, 0.1) is 17.8 Å². The summed E-state index contributed by atoms with van der Waals surface area (Å²) in [5.74, 6) is 4.02. The first-order valence-electron chi connectivity index (χ1n) is 11.0. The van der Waals surface area contributed by atoms with Crippen molar-refractivity contribution in [2.45, 2.75) is 51.1 Å². The minimum absolute atomic E-state index is 0. The fraction of sp³-hybridized carbons (Fsp3) is 0.652. The van der Waals surface area contributed by atoms with Crippen LogP contribution in [-0.4, -0.2) is 50.1 Å². The van der Waals surface area contributed by atoms with Crippen molar-refractivity contribution >= 4 is 35.8 Å². The number of para-hydroxylation sites is 1. The van der Waals surface area contributed by atoms with Gasteiger partial charge in [0.15, 0.2) is 5.96 Å². The summed E-state index contributed by atoms with van der Waals surface area (Å²) in [4.78, 5) is 18.5. The van der Waals surface area contributed by atoms with Gasteiger partial charge in [0.1, 0.15) is 5.75 Å². The lowest BCUT2D eigenvalue weighted by molar-refractivity contribution is -0.127. The lowest BCUT2D eigenvalue weighted by Crippen LogP contribution is -2.48. The number of guanidine groups is 1. The van der Waals surface area contributed by atoms with Gasteiger partial charge in [0.2, 0.25) is 5.91 Å². The molecule has 2 bridgehead atoms. The van der Waals surface area contributed by atoms with Crippen molar-refractivity contribution in [1.29, 1.82) is 0 Å². The molecule has 166 valence electrons. The molecule has 1 aromatic carbocycles. The van der Waals surface area contributed by atoms with Gasteiger partial charge in [0, 0.05) is 25.7 Å². The van der Waals surface area contributed by atoms with Crippen molar-refractivity contribution in [3.8, 4) is 5.75 Å². The van der Waals surface area contributed by atoms with Crippen molar-refractivity contribution in [2.75, 3.05) is 27.2 Å². The summed E-state index contributed by atoms with van der Waals surface area (Å²) < 4.78 is 6.03. The van der Waals surface area contributed by atoms with Gasteiger partial charge in [-0.15, -0.1) is 24.0 Å². The molecule has 3 fully saturated rings. The molecule has 30 heavy (non-hydrogen) atoms. The zero-order valence-corrected chi connectivity index (χ0v) is 20.4. The first kappa shape index (κ1) is 23.2. The van der Waals surface area contributed by atoms with Gasteiger partial charge in [-0.25, -0.2) is 4.99 Å². The number of amides is 1. The Hall–Kier alpha value is -1.51. The largest absolute Gasteiger partial charge is 0.493 e. The van der Waals surface area contributed by atoms with Crippen LogP contribution in [0.1, 0.15) is 44.1 Å². The Bertz CT molecular complexity index is 750. The van der Waals surface area contributed by atoms with Crippen LogP contribution in [0.25, 0.3) is 0 Å². The van der Waals surface area contributed by atoms with Crippen molar-refractivity contribution in [3.05, 3.63) is 29.8 Å². The van der Waals surface area contributed by atoms with Crippen molar-refractivity contribution in [1.82, 2.24) is 15.5 Å². The molecule has 3 aliphatic rings. The minimum atomic E-state index is 0. The fourth-order valence-electron chi connectivity index (χ4n) is 4.50. The molecule has 0 radical (unpaired) electrons. The van der Waals surface area contributed by atoms with Gasteiger partial charge >= 0.3 is 0 Å². The summed E-state index contributed by atoms with van der Waals surface area (Å²) in [6, 6.07) is 8.61. The van der Waals surface area contributed by atoms with Gasteiger partial charge in [-0.3, -0.25) is 4.79 Å². The Kier molecular flexibility index (Phi) is 8.25. The summed E-state index contributed by atoms with van der Waals surface area (Å²) in [5, 5.41) is 6.86. The van der Waals surface area contributed by atoms with Crippen LogP contribution in [0.4, 0.5) is 0 Å². The second-order valence-electron chi connectivity index (χ2n) is 9.09. The molecule has 3 atom stereocenters. The Balaban J connectivity index is 0.00000256. The summed E-state index contributed by atoms with van der Waals surface area (Å²) >= 11 is 0. The Labute approximate surface area is 197 Å². The molecule has 1 aromatic rings. The molecule has 6 nitrogen and oxygen atoms in total. The Morgan fingerprint density at radius 2 is 1.97 bits per heavy atom. The highest BCUT2D eigenvalue weighted by Gasteiger charge is 2.39. The van der Waals surface area contributed by atoms with E-state index in [0.717, 1.165) is 41.6 Å². The average molecular weight is 526 g/mol.